The predicted molar refractivity (Wildman–Crippen MR) is 117 cm³/mol. The Kier molecular flexibility index (Phi) is 5.98. The number of sulfonamides is 1. The molecular formula is C22H28N4O4S. The van der Waals surface area contributed by atoms with Crippen molar-refractivity contribution in [3.8, 4) is 0 Å². The van der Waals surface area contributed by atoms with Crippen molar-refractivity contribution in [1.29, 1.82) is 0 Å². The van der Waals surface area contributed by atoms with Crippen LogP contribution >= 0.6 is 0 Å². The van der Waals surface area contributed by atoms with Gasteiger partial charge in [-0.25, -0.2) is 13.4 Å². The lowest BCUT2D eigenvalue weighted by Gasteiger charge is -2.36. The van der Waals surface area contributed by atoms with E-state index < -0.39 is 10.0 Å². The van der Waals surface area contributed by atoms with Crippen LogP contribution in [0.4, 0.5) is 0 Å². The fraction of sp³-hybridized carbons (Fsp3) is 0.500. The molecule has 1 atom stereocenters. The molecule has 31 heavy (non-hydrogen) atoms. The maximum atomic E-state index is 13.3. The quantitative estimate of drug-likeness (QED) is 0.778. The Morgan fingerprint density at radius 1 is 1.23 bits per heavy atom. The fourth-order valence-corrected chi connectivity index (χ4v) is 5.48. The van der Waals surface area contributed by atoms with Crippen molar-refractivity contribution in [3.05, 3.63) is 62.8 Å². The highest BCUT2D eigenvalue weighted by atomic mass is 32.2. The molecule has 0 radical (unpaired) electrons. The van der Waals surface area contributed by atoms with Gasteiger partial charge in [-0.05, 0) is 44.7 Å². The summed E-state index contributed by atoms with van der Waals surface area (Å²) in [5, 5.41) is 0. The van der Waals surface area contributed by atoms with Gasteiger partial charge < -0.3 is 9.88 Å². The molecule has 1 saturated heterocycles. The van der Waals surface area contributed by atoms with Crippen LogP contribution in [0.2, 0.25) is 0 Å². The van der Waals surface area contributed by atoms with Gasteiger partial charge in [0.25, 0.3) is 11.5 Å². The van der Waals surface area contributed by atoms with Gasteiger partial charge in [0.15, 0.2) is 0 Å². The Labute approximate surface area is 182 Å². The molecule has 0 aliphatic carbocycles. The first-order valence-corrected chi connectivity index (χ1v) is 12.4. The van der Waals surface area contributed by atoms with Gasteiger partial charge in [-0.1, -0.05) is 18.2 Å². The minimum absolute atomic E-state index is 0.00377. The van der Waals surface area contributed by atoms with Crippen LogP contribution in [0.25, 0.3) is 0 Å². The minimum atomic E-state index is -3.37. The fourth-order valence-electron chi connectivity index (χ4n) is 4.42. The summed E-state index contributed by atoms with van der Waals surface area (Å²) < 4.78 is 25.8. The molecule has 166 valence electrons. The molecule has 0 saturated carbocycles. The monoisotopic (exact) mass is 444 g/mol. The molecule has 1 unspecified atom stereocenters. The van der Waals surface area contributed by atoms with Crippen molar-refractivity contribution in [2.24, 2.45) is 0 Å². The molecular weight excluding hydrogens is 416 g/mol. The number of amides is 1. The first-order chi connectivity index (χ1) is 14.8. The third-order valence-electron chi connectivity index (χ3n) is 6.26. The number of carbonyl (C=O) groups excluding carboxylic acids is 1. The maximum Gasteiger partial charge on any atom is 0.255 e. The molecule has 1 fully saturated rings. The van der Waals surface area contributed by atoms with Crippen LogP contribution in [0, 0.1) is 6.92 Å². The van der Waals surface area contributed by atoms with Crippen LogP contribution in [0.3, 0.4) is 0 Å². The van der Waals surface area contributed by atoms with E-state index in [4.69, 9.17) is 4.98 Å². The lowest BCUT2D eigenvalue weighted by molar-refractivity contribution is 0.0598. The molecule has 1 aromatic heterocycles. The van der Waals surface area contributed by atoms with E-state index in [-0.39, 0.29) is 29.8 Å². The second-order valence-corrected chi connectivity index (χ2v) is 10.4. The Hall–Kier alpha value is -2.52. The average Bonchev–Trinajstić information content (AvgIpc) is 2.78. The first-order valence-electron chi connectivity index (χ1n) is 10.8. The number of aromatic amines is 1. The summed E-state index contributed by atoms with van der Waals surface area (Å²) in [7, 11) is -3.37. The molecule has 0 bridgehead atoms. The van der Waals surface area contributed by atoms with E-state index in [1.165, 1.54) is 4.31 Å². The van der Waals surface area contributed by atoms with Crippen LogP contribution < -0.4 is 5.56 Å². The molecule has 4 rings (SSSR count). The summed E-state index contributed by atoms with van der Waals surface area (Å²) in [5.41, 5.74) is 2.30. The molecule has 1 N–H and O–H groups in total. The molecule has 0 spiro atoms. The summed E-state index contributed by atoms with van der Waals surface area (Å²) in [5.74, 6) is 0.449. The number of likely N-dealkylation sites (tertiary alicyclic amines) is 1. The average molecular weight is 445 g/mol. The molecule has 1 amide bonds. The lowest BCUT2D eigenvalue weighted by atomic mass is 9.98. The number of aromatic nitrogens is 2. The summed E-state index contributed by atoms with van der Waals surface area (Å²) >= 11 is 0. The molecule has 2 aliphatic rings. The Balaban J connectivity index is 1.66. The van der Waals surface area contributed by atoms with Gasteiger partial charge in [0.05, 0.1) is 23.1 Å². The van der Waals surface area contributed by atoms with Crippen LogP contribution in [-0.2, 0) is 23.0 Å². The van der Waals surface area contributed by atoms with Crippen molar-refractivity contribution in [2.45, 2.75) is 52.1 Å². The summed E-state index contributed by atoms with van der Waals surface area (Å²) in [6.07, 6.45) is 2.98. The van der Waals surface area contributed by atoms with Gasteiger partial charge in [-0.2, -0.15) is 4.31 Å². The number of fused-ring (bicyclic) bond motifs is 1. The normalized spacial score (nSPS) is 19.8. The number of nitrogens with one attached hydrogen (secondary N) is 1. The Bertz CT molecular complexity index is 1160. The van der Waals surface area contributed by atoms with E-state index in [1.807, 2.05) is 36.1 Å². The van der Waals surface area contributed by atoms with Crippen LogP contribution in [0.15, 0.2) is 29.1 Å². The van der Waals surface area contributed by atoms with Crippen molar-refractivity contribution in [2.75, 3.05) is 18.8 Å². The Morgan fingerprint density at radius 3 is 2.74 bits per heavy atom. The van der Waals surface area contributed by atoms with Gasteiger partial charge in [-0.3, -0.25) is 9.59 Å². The maximum absolute atomic E-state index is 13.3. The van der Waals surface area contributed by atoms with Crippen LogP contribution in [0.5, 0.6) is 0 Å². The zero-order valence-electron chi connectivity index (χ0n) is 17.9. The summed E-state index contributed by atoms with van der Waals surface area (Å²) in [6.45, 7) is 4.49. The van der Waals surface area contributed by atoms with E-state index in [2.05, 4.69) is 4.98 Å². The minimum Gasteiger partial charge on any atom is -0.328 e. The van der Waals surface area contributed by atoms with Crippen molar-refractivity contribution < 1.29 is 13.2 Å². The standard InChI is InChI=1S/C22H28N4O4S/c1-3-31(29,30)25-13-11-18-17(14-25)21(27)24-20(23-18)19-10-6-7-12-26(19)22(28)16-9-5-4-8-15(16)2/h4-5,8-9,19H,3,6-7,10-14H2,1-2H3,(H,23,24,27). The highest BCUT2D eigenvalue weighted by molar-refractivity contribution is 7.89. The number of hydrogen-bond acceptors (Lipinski definition) is 5. The smallest absolute Gasteiger partial charge is 0.255 e. The highest BCUT2D eigenvalue weighted by Crippen LogP contribution is 2.31. The number of nitrogens with zero attached hydrogens (tertiary/aromatic N) is 3. The van der Waals surface area contributed by atoms with Crippen LogP contribution in [-0.4, -0.2) is 52.3 Å². The number of H-pyrrole nitrogens is 1. The molecule has 1 aromatic carbocycles. The largest absolute Gasteiger partial charge is 0.328 e. The van der Waals surface area contributed by atoms with Crippen molar-refractivity contribution in [3.63, 3.8) is 0 Å². The SMILES string of the molecule is CCS(=O)(=O)N1CCc2nc(C3CCCCN3C(=O)c3ccccc3C)[nH]c(=O)c2C1. The number of piperidine rings is 1. The predicted octanol–water partition coefficient (Wildman–Crippen LogP) is 2.15. The molecule has 2 aliphatic heterocycles. The number of rotatable bonds is 4. The molecule has 8 nitrogen and oxygen atoms in total. The second-order valence-electron chi connectivity index (χ2n) is 8.19. The Morgan fingerprint density at radius 2 is 2.00 bits per heavy atom. The van der Waals surface area contributed by atoms with E-state index in [9.17, 15) is 18.0 Å². The van der Waals surface area contributed by atoms with E-state index in [0.29, 0.717) is 42.2 Å². The molecule has 3 heterocycles. The number of hydrogen-bond donors (Lipinski definition) is 1. The molecule has 9 heteroatoms. The first kappa shape index (κ1) is 21.7. The summed E-state index contributed by atoms with van der Waals surface area (Å²) in [4.78, 5) is 35.6. The zero-order chi connectivity index (χ0) is 22.2. The van der Waals surface area contributed by atoms with E-state index in [0.717, 1.165) is 24.8 Å². The third kappa shape index (κ3) is 4.16. The van der Waals surface area contributed by atoms with Gasteiger partial charge >= 0.3 is 0 Å². The number of carbonyl (C=O) groups is 1. The van der Waals surface area contributed by atoms with Gasteiger partial charge in [0.1, 0.15) is 5.82 Å². The van der Waals surface area contributed by atoms with Gasteiger partial charge in [0, 0.05) is 31.6 Å². The third-order valence-corrected chi connectivity index (χ3v) is 8.09. The van der Waals surface area contributed by atoms with Gasteiger partial charge in [0.2, 0.25) is 10.0 Å². The molecule has 2 aromatic rings. The zero-order valence-corrected chi connectivity index (χ0v) is 18.7. The summed E-state index contributed by atoms with van der Waals surface area (Å²) in [6, 6.07) is 7.21. The van der Waals surface area contributed by atoms with E-state index >= 15 is 0 Å². The topological polar surface area (TPSA) is 103 Å². The van der Waals surface area contributed by atoms with Crippen molar-refractivity contribution in [1.82, 2.24) is 19.2 Å². The van der Waals surface area contributed by atoms with Crippen molar-refractivity contribution >= 4 is 15.9 Å². The van der Waals surface area contributed by atoms with Gasteiger partial charge in [-0.15, -0.1) is 0 Å². The highest BCUT2D eigenvalue weighted by Gasteiger charge is 2.33. The van der Waals surface area contributed by atoms with Crippen LogP contribution in [0.1, 0.15) is 65.2 Å². The number of benzene rings is 1. The number of aryl methyl sites for hydroxylation is 1. The lowest BCUT2D eigenvalue weighted by Crippen LogP contribution is -2.43. The van der Waals surface area contributed by atoms with E-state index in [1.54, 1.807) is 6.92 Å². The second kappa shape index (κ2) is 8.55.